The van der Waals surface area contributed by atoms with Gasteiger partial charge in [-0.3, -0.25) is 30.1 Å². The summed E-state index contributed by atoms with van der Waals surface area (Å²) in [4.78, 5) is 25.2. The number of aromatic nitrogens is 3. The molecular weight excluding hydrogens is 358 g/mol. The van der Waals surface area contributed by atoms with Gasteiger partial charge in [0.2, 0.25) is 0 Å². The Labute approximate surface area is 152 Å². The van der Waals surface area contributed by atoms with E-state index in [0.29, 0.717) is 16.2 Å². The first-order valence-corrected chi connectivity index (χ1v) is 8.69. The van der Waals surface area contributed by atoms with Gasteiger partial charge in [0, 0.05) is 5.56 Å². The zero-order valence-electron chi connectivity index (χ0n) is 13.3. The van der Waals surface area contributed by atoms with Crippen molar-refractivity contribution < 1.29 is 9.59 Å². The van der Waals surface area contributed by atoms with Crippen molar-refractivity contribution in [3.8, 4) is 10.7 Å². The van der Waals surface area contributed by atoms with Gasteiger partial charge in [0.25, 0.3) is 11.8 Å². The number of carbonyl (C=O) groups is 2. The molecule has 3 rings (SSSR count). The number of amides is 2. The zero-order chi connectivity index (χ0) is 17.8. The standard InChI is InChI=1S/C16H15N5O2S2/c1-10-5-2-3-6-11(10)15(23)19-17-13(22)9-21-14(18-20-16(21)24)12-7-4-8-25-12/h2-8H,9H2,1H3,(H,17,22)(H,19,23)(H,20,24). The van der Waals surface area contributed by atoms with Crippen LogP contribution in [-0.2, 0) is 11.3 Å². The second-order valence-electron chi connectivity index (χ2n) is 5.23. The Morgan fingerprint density at radius 3 is 2.76 bits per heavy atom. The predicted molar refractivity (Wildman–Crippen MR) is 97.5 cm³/mol. The van der Waals surface area contributed by atoms with Crippen molar-refractivity contribution in [2.75, 3.05) is 0 Å². The topological polar surface area (TPSA) is 91.8 Å². The molecule has 9 heteroatoms. The number of nitrogens with one attached hydrogen (secondary N) is 3. The third kappa shape index (κ3) is 3.83. The predicted octanol–water partition coefficient (Wildman–Crippen LogP) is 2.44. The average Bonchev–Trinajstić information content (AvgIpc) is 3.24. The monoisotopic (exact) mass is 373 g/mol. The van der Waals surface area contributed by atoms with Gasteiger partial charge in [-0.15, -0.1) is 11.3 Å². The molecule has 128 valence electrons. The van der Waals surface area contributed by atoms with Crippen molar-refractivity contribution in [3.05, 3.63) is 57.7 Å². The van der Waals surface area contributed by atoms with Crippen molar-refractivity contribution in [1.82, 2.24) is 25.6 Å². The molecule has 0 aliphatic heterocycles. The van der Waals surface area contributed by atoms with E-state index in [9.17, 15) is 9.59 Å². The molecule has 0 spiro atoms. The second kappa shape index (κ2) is 7.41. The first kappa shape index (κ1) is 17.1. The molecule has 25 heavy (non-hydrogen) atoms. The maximum atomic E-state index is 12.2. The lowest BCUT2D eigenvalue weighted by atomic mass is 10.1. The highest BCUT2D eigenvalue weighted by Gasteiger charge is 2.14. The highest BCUT2D eigenvalue weighted by atomic mass is 32.1. The van der Waals surface area contributed by atoms with Crippen molar-refractivity contribution in [2.45, 2.75) is 13.5 Å². The van der Waals surface area contributed by atoms with Crippen LogP contribution in [0.15, 0.2) is 41.8 Å². The zero-order valence-corrected chi connectivity index (χ0v) is 14.9. The van der Waals surface area contributed by atoms with Gasteiger partial charge >= 0.3 is 0 Å². The Hall–Kier alpha value is -2.78. The molecule has 7 nitrogen and oxygen atoms in total. The minimum atomic E-state index is -0.405. The van der Waals surface area contributed by atoms with Gasteiger partial charge in [-0.25, -0.2) is 0 Å². The molecule has 0 unspecified atom stereocenters. The van der Waals surface area contributed by atoms with E-state index >= 15 is 0 Å². The van der Waals surface area contributed by atoms with Crippen molar-refractivity contribution >= 4 is 35.4 Å². The largest absolute Gasteiger partial charge is 0.290 e. The van der Waals surface area contributed by atoms with E-state index in [0.717, 1.165) is 10.4 Å². The summed E-state index contributed by atoms with van der Waals surface area (Å²) in [7, 11) is 0. The number of aromatic amines is 1. The number of hydrogen-bond acceptors (Lipinski definition) is 5. The Kier molecular flexibility index (Phi) is 5.05. The summed E-state index contributed by atoms with van der Waals surface area (Å²) >= 11 is 6.67. The molecule has 0 fully saturated rings. The van der Waals surface area contributed by atoms with Crippen molar-refractivity contribution in [1.29, 1.82) is 0 Å². The van der Waals surface area contributed by atoms with Gasteiger partial charge in [-0.05, 0) is 42.2 Å². The minimum absolute atomic E-state index is 0.0589. The lowest BCUT2D eigenvalue weighted by Gasteiger charge is -2.10. The molecule has 0 aliphatic rings. The number of rotatable bonds is 4. The molecule has 2 amide bonds. The Morgan fingerprint density at radius 2 is 2.04 bits per heavy atom. The van der Waals surface area contributed by atoms with Gasteiger partial charge in [-0.2, -0.15) is 5.10 Å². The number of thiophene rings is 1. The van der Waals surface area contributed by atoms with E-state index < -0.39 is 5.91 Å². The molecule has 0 saturated carbocycles. The number of hydrazine groups is 1. The maximum absolute atomic E-state index is 12.2. The molecule has 0 aliphatic carbocycles. The van der Waals surface area contributed by atoms with E-state index in [1.807, 2.05) is 36.6 Å². The number of nitrogens with zero attached hydrogens (tertiary/aromatic N) is 2. The average molecular weight is 373 g/mol. The summed E-state index contributed by atoms with van der Waals surface area (Å²) in [6, 6.07) is 10.9. The van der Waals surface area contributed by atoms with E-state index in [1.54, 1.807) is 16.7 Å². The number of benzene rings is 1. The third-order valence-electron chi connectivity index (χ3n) is 3.51. The first-order valence-electron chi connectivity index (χ1n) is 7.40. The van der Waals surface area contributed by atoms with E-state index in [2.05, 4.69) is 21.0 Å². The van der Waals surface area contributed by atoms with Crippen molar-refractivity contribution in [2.24, 2.45) is 0 Å². The maximum Gasteiger partial charge on any atom is 0.269 e. The minimum Gasteiger partial charge on any atom is -0.290 e. The van der Waals surface area contributed by atoms with Gasteiger partial charge in [-0.1, -0.05) is 24.3 Å². The molecule has 0 atom stereocenters. The van der Waals surface area contributed by atoms with Crippen LogP contribution in [0, 0.1) is 11.7 Å². The van der Waals surface area contributed by atoms with Crippen LogP contribution in [0.2, 0.25) is 0 Å². The van der Waals surface area contributed by atoms with Gasteiger partial charge in [0.1, 0.15) is 6.54 Å². The van der Waals surface area contributed by atoms with Crippen LogP contribution >= 0.6 is 23.6 Å². The van der Waals surface area contributed by atoms with Gasteiger partial charge < -0.3 is 0 Å². The first-order chi connectivity index (χ1) is 12.1. The number of hydrogen-bond donors (Lipinski definition) is 3. The van der Waals surface area contributed by atoms with Gasteiger partial charge in [0.15, 0.2) is 10.6 Å². The highest BCUT2D eigenvalue weighted by Crippen LogP contribution is 2.22. The number of H-pyrrole nitrogens is 1. The Bertz CT molecular complexity index is 959. The molecule has 3 N–H and O–H groups in total. The normalized spacial score (nSPS) is 10.4. The summed E-state index contributed by atoms with van der Waals surface area (Å²) in [6.45, 7) is 1.77. The molecule has 2 aromatic heterocycles. The molecule has 0 radical (unpaired) electrons. The lowest BCUT2D eigenvalue weighted by molar-refractivity contribution is -0.122. The smallest absolute Gasteiger partial charge is 0.269 e. The fourth-order valence-corrected chi connectivity index (χ4v) is 3.18. The number of aryl methyl sites for hydroxylation is 1. The molecular formula is C16H15N5O2S2. The molecule has 2 heterocycles. The van der Waals surface area contributed by atoms with E-state index in [1.165, 1.54) is 11.3 Å². The lowest BCUT2D eigenvalue weighted by Crippen LogP contribution is -2.43. The quantitative estimate of drug-likeness (QED) is 0.484. The summed E-state index contributed by atoms with van der Waals surface area (Å²) < 4.78 is 1.92. The van der Waals surface area contributed by atoms with Crippen LogP contribution in [0.3, 0.4) is 0 Å². The third-order valence-corrected chi connectivity index (χ3v) is 4.68. The Morgan fingerprint density at radius 1 is 1.24 bits per heavy atom. The van der Waals surface area contributed by atoms with Gasteiger partial charge in [0.05, 0.1) is 4.88 Å². The van der Waals surface area contributed by atoms with Crippen LogP contribution in [0.1, 0.15) is 15.9 Å². The van der Waals surface area contributed by atoms with E-state index in [4.69, 9.17) is 12.2 Å². The summed E-state index contributed by atoms with van der Waals surface area (Å²) in [5.41, 5.74) is 6.14. The van der Waals surface area contributed by atoms with Crippen LogP contribution in [0.5, 0.6) is 0 Å². The van der Waals surface area contributed by atoms with Crippen molar-refractivity contribution in [3.63, 3.8) is 0 Å². The molecule has 3 aromatic rings. The molecule has 0 saturated heterocycles. The fourth-order valence-electron chi connectivity index (χ4n) is 2.26. The van der Waals surface area contributed by atoms with Crippen LogP contribution in [-0.4, -0.2) is 26.6 Å². The highest BCUT2D eigenvalue weighted by molar-refractivity contribution is 7.71. The summed E-state index contributed by atoms with van der Waals surface area (Å²) in [6.07, 6.45) is 0. The van der Waals surface area contributed by atoms with Crippen LogP contribution in [0.25, 0.3) is 10.7 Å². The van der Waals surface area contributed by atoms with Crippen LogP contribution < -0.4 is 10.9 Å². The van der Waals surface area contributed by atoms with Crippen LogP contribution in [0.4, 0.5) is 0 Å². The Balaban J connectivity index is 1.66. The summed E-state index contributed by atoms with van der Waals surface area (Å²) in [5, 5.41) is 8.76. The second-order valence-corrected chi connectivity index (χ2v) is 6.57. The molecule has 1 aromatic carbocycles. The molecule has 0 bridgehead atoms. The fraction of sp³-hybridized carbons (Fsp3) is 0.125. The summed E-state index contributed by atoms with van der Waals surface area (Å²) in [5.74, 6) is -0.196. The van der Waals surface area contributed by atoms with E-state index in [-0.39, 0.29) is 12.5 Å². The number of carbonyl (C=O) groups excluding carboxylic acids is 2. The SMILES string of the molecule is Cc1ccccc1C(=O)NNC(=O)Cn1c(-c2cccs2)n[nH]c1=S.